The maximum atomic E-state index is 11.0. The zero-order valence-electron chi connectivity index (χ0n) is 12.6. The number of nitrogens with zero attached hydrogens (tertiary/aromatic N) is 4. The molecule has 1 aromatic heterocycles. The van der Waals surface area contributed by atoms with E-state index in [0.29, 0.717) is 22.6 Å². The second-order valence-corrected chi connectivity index (χ2v) is 6.56. The average molecular weight is 360 g/mol. The van der Waals surface area contributed by atoms with E-state index in [0.717, 1.165) is 0 Å². The molecule has 2 N–H and O–H groups in total. The summed E-state index contributed by atoms with van der Waals surface area (Å²) in [5, 5.41) is 20.9. The monoisotopic (exact) mass is 360 g/mol. The van der Waals surface area contributed by atoms with Crippen LogP contribution in [0.25, 0.3) is 17.1 Å². The fourth-order valence-electron chi connectivity index (χ4n) is 2.19. The molecule has 0 saturated carbocycles. The Labute approximate surface area is 142 Å². The van der Waals surface area contributed by atoms with E-state index in [1.165, 1.54) is 29.1 Å². The minimum absolute atomic E-state index is 0.112. The summed E-state index contributed by atoms with van der Waals surface area (Å²) in [4.78, 5) is 11.8. The first-order valence-electron chi connectivity index (χ1n) is 7.02. The van der Waals surface area contributed by atoms with E-state index in [1.54, 1.807) is 24.3 Å². The normalized spacial score (nSPS) is 11.4. The van der Waals surface area contributed by atoms with Gasteiger partial charge in [-0.05, 0) is 41.1 Å². The van der Waals surface area contributed by atoms with Gasteiger partial charge in [0.05, 0.1) is 17.0 Å². The smallest absolute Gasteiger partial charge is 0.307 e. The summed E-state index contributed by atoms with van der Waals surface area (Å²) < 4.78 is 31.1. The van der Waals surface area contributed by atoms with Gasteiger partial charge in [0.15, 0.2) is 0 Å². The molecule has 0 spiro atoms. The third-order valence-electron chi connectivity index (χ3n) is 3.32. The second kappa shape index (κ2) is 6.42. The summed E-state index contributed by atoms with van der Waals surface area (Å²) in [6.45, 7) is 0. The number of carboxylic acids is 1. The topological polar surface area (TPSA) is 135 Å². The predicted molar refractivity (Wildman–Crippen MR) is 85.7 cm³/mol. The summed E-state index contributed by atoms with van der Waals surface area (Å²) in [5.74, 6) is -0.640. The number of tetrazole rings is 1. The molecule has 0 amide bonds. The van der Waals surface area contributed by atoms with Crippen molar-refractivity contribution in [1.82, 2.24) is 20.2 Å². The van der Waals surface area contributed by atoms with Crippen LogP contribution in [-0.4, -0.2) is 44.3 Å². The molecule has 1 heterocycles. The zero-order valence-corrected chi connectivity index (χ0v) is 13.5. The molecule has 0 aliphatic rings. The van der Waals surface area contributed by atoms with E-state index in [9.17, 15) is 13.2 Å². The van der Waals surface area contributed by atoms with Crippen molar-refractivity contribution in [2.24, 2.45) is 0 Å². The van der Waals surface area contributed by atoms with Gasteiger partial charge >= 0.3 is 5.97 Å². The SMILES string of the molecule is O=C(O)Cc1cccc(-c2nnn(-c3ccc(S(=O)(=O)O)cc3)n2)c1. The van der Waals surface area contributed by atoms with Crippen molar-refractivity contribution in [2.45, 2.75) is 11.3 Å². The molecule has 0 saturated heterocycles. The molecular weight excluding hydrogens is 348 g/mol. The van der Waals surface area contributed by atoms with Crippen LogP contribution in [0.15, 0.2) is 53.4 Å². The molecule has 2 aromatic carbocycles. The van der Waals surface area contributed by atoms with Crippen LogP contribution in [0.2, 0.25) is 0 Å². The second-order valence-electron chi connectivity index (χ2n) is 5.14. The van der Waals surface area contributed by atoms with Crippen molar-refractivity contribution in [3.05, 3.63) is 54.1 Å². The molecule has 0 bridgehead atoms. The van der Waals surface area contributed by atoms with Crippen LogP contribution in [-0.2, 0) is 21.3 Å². The lowest BCUT2D eigenvalue weighted by Gasteiger charge is -2.01. The lowest BCUT2D eigenvalue weighted by Crippen LogP contribution is -2.02. The van der Waals surface area contributed by atoms with Crippen molar-refractivity contribution in [1.29, 1.82) is 0 Å². The third-order valence-corrected chi connectivity index (χ3v) is 4.19. The molecule has 0 unspecified atom stereocenters. The number of aliphatic carboxylic acids is 1. The van der Waals surface area contributed by atoms with Crippen molar-refractivity contribution in [2.75, 3.05) is 0 Å². The Kier molecular flexibility index (Phi) is 4.30. The van der Waals surface area contributed by atoms with Gasteiger partial charge in [-0.3, -0.25) is 9.35 Å². The van der Waals surface area contributed by atoms with Gasteiger partial charge in [0.1, 0.15) is 0 Å². The molecule has 3 aromatic rings. The van der Waals surface area contributed by atoms with Crippen LogP contribution in [0.1, 0.15) is 5.56 Å². The van der Waals surface area contributed by atoms with Gasteiger partial charge in [0.2, 0.25) is 5.82 Å². The van der Waals surface area contributed by atoms with Crippen molar-refractivity contribution in [3.8, 4) is 17.1 Å². The van der Waals surface area contributed by atoms with Gasteiger partial charge in [-0.1, -0.05) is 18.2 Å². The van der Waals surface area contributed by atoms with Crippen molar-refractivity contribution in [3.63, 3.8) is 0 Å². The Hall–Kier alpha value is -3.11. The van der Waals surface area contributed by atoms with Crippen LogP contribution in [0.4, 0.5) is 0 Å². The first kappa shape index (κ1) is 16.7. The highest BCUT2D eigenvalue weighted by Gasteiger charge is 2.12. The van der Waals surface area contributed by atoms with Crippen LogP contribution in [0.3, 0.4) is 0 Å². The molecule has 0 atom stereocenters. The Bertz CT molecular complexity index is 1030. The van der Waals surface area contributed by atoms with E-state index in [1.807, 2.05) is 0 Å². The molecule has 0 fully saturated rings. The van der Waals surface area contributed by atoms with E-state index in [-0.39, 0.29) is 11.3 Å². The highest BCUT2D eigenvalue weighted by molar-refractivity contribution is 7.85. The highest BCUT2D eigenvalue weighted by atomic mass is 32.2. The molecule has 3 rings (SSSR count). The summed E-state index contributed by atoms with van der Waals surface area (Å²) in [6.07, 6.45) is -0.112. The molecule has 0 aliphatic heterocycles. The lowest BCUT2D eigenvalue weighted by atomic mass is 10.1. The first-order chi connectivity index (χ1) is 11.8. The Morgan fingerprint density at radius 2 is 1.84 bits per heavy atom. The van der Waals surface area contributed by atoms with Gasteiger partial charge in [0.25, 0.3) is 10.1 Å². The molecule has 25 heavy (non-hydrogen) atoms. The maximum Gasteiger partial charge on any atom is 0.307 e. The Morgan fingerprint density at radius 3 is 2.48 bits per heavy atom. The lowest BCUT2D eigenvalue weighted by molar-refractivity contribution is -0.136. The average Bonchev–Trinajstić information content (AvgIpc) is 3.04. The van der Waals surface area contributed by atoms with E-state index >= 15 is 0 Å². The first-order valence-corrected chi connectivity index (χ1v) is 8.46. The number of benzene rings is 2. The van der Waals surface area contributed by atoms with Crippen LogP contribution in [0, 0.1) is 0 Å². The van der Waals surface area contributed by atoms with E-state index in [2.05, 4.69) is 15.4 Å². The molecule has 0 radical (unpaired) electrons. The quantitative estimate of drug-likeness (QED) is 0.648. The highest BCUT2D eigenvalue weighted by Crippen LogP contribution is 2.18. The maximum absolute atomic E-state index is 11.0. The standard InChI is InChI=1S/C15H12N4O5S/c20-14(21)9-10-2-1-3-11(8-10)15-16-18-19(17-15)12-4-6-13(7-5-12)25(22,23)24/h1-8H,9H2,(H,20,21)(H,22,23,24). The van der Waals surface area contributed by atoms with Crippen LogP contribution < -0.4 is 0 Å². The van der Waals surface area contributed by atoms with Crippen LogP contribution >= 0.6 is 0 Å². The fourth-order valence-corrected chi connectivity index (χ4v) is 2.67. The fraction of sp³-hybridized carbons (Fsp3) is 0.0667. The number of rotatable bonds is 5. The number of carboxylic acid groups (broad SMARTS) is 1. The zero-order chi connectivity index (χ0) is 18.0. The van der Waals surface area contributed by atoms with Gasteiger partial charge in [-0.15, -0.1) is 15.0 Å². The number of hydrogen-bond donors (Lipinski definition) is 2. The molecule has 9 nitrogen and oxygen atoms in total. The Balaban J connectivity index is 1.89. The van der Waals surface area contributed by atoms with E-state index < -0.39 is 16.1 Å². The van der Waals surface area contributed by atoms with Crippen molar-refractivity contribution < 1.29 is 22.9 Å². The minimum Gasteiger partial charge on any atom is -0.481 e. The minimum atomic E-state index is -4.27. The Morgan fingerprint density at radius 1 is 1.12 bits per heavy atom. The van der Waals surface area contributed by atoms with Gasteiger partial charge in [-0.2, -0.15) is 8.42 Å². The number of carbonyl (C=O) groups is 1. The molecule has 10 heteroatoms. The van der Waals surface area contributed by atoms with Gasteiger partial charge in [0, 0.05) is 5.56 Å². The van der Waals surface area contributed by atoms with Crippen molar-refractivity contribution >= 4 is 16.1 Å². The largest absolute Gasteiger partial charge is 0.481 e. The van der Waals surface area contributed by atoms with Crippen LogP contribution in [0.5, 0.6) is 0 Å². The molecular formula is C15H12N4O5S. The predicted octanol–water partition coefficient (Wildman–Crippen LogP) is 1.20. The number of hydrogen-bond acceptors (Lipinski definition) is 6. The third kappa shape index (κ3) is 3.87. The summed E-state index contributed by atoms with van der Waals surface area (Å²) >= 11 is 0. The number of aromatic nitrogens is 4. The summed E-state index contributed by atoms with van der Waals surface area (Å²) in [5.41, 5.74) is 1.67. The summed E-state index contributed by atoms with van der Waals surface area (Å²) in [7, 11) is -4.27. The van der Waals surface area contributed by atoms with Gasteiger partial charge < -0.3 is 5.11 Å². The molecule has 128 valence electrons. The van der Waals surface area contributed by atoms with Gasteiger partial charge in [-0.25, -0.2) is 0 Å². The van der Waals surface area contributed by atoms with E-state index in [4.69, 9.17) is 9.66 Å². The molecule has 0 aliphatic carbocycles. The summed E-state index contributed by atoms with van der Waals surface area (Å²) in [6, 6.07) is 12.1.